The predicted octanol–water partition coefficient (Wildman–Crippen LogP) is 5.59. The molecule has 0 unspecified atom stereocenters. The number of nitro benzene ring substituents is 1. The fourth-order valence-electron chi connectivity index (χ4n) is 11.4. The van der Waals surface area contributed by atoms with Crippen molar-refractivity contribution < 1.29 is 41.8 Å². The largest absolute Gasteiger partial charge is 0.489 e. The Labute approximate surface area is 380 Å². The fraction of sp³-hybridized carbons (Fsp3) is 0.447. The van der Waals surface area contributed by atoms with E-state index in [4.69, 9.17) is 28.7 Å². The van der Waals surface area contributed by atoms with Crippen LogP contribution in [0.3, 0.4) is 0 Å². The summed E-state index contributed by atoms with van der Waals surface area (Å²) in [4.78, 5) is 40.8. The van der Waals surface area contributed by atoms with E-state index < -0.39 is 49.7 Å². The second-order valence-electron chi connectivity index (χ2n) is 18.8. The van der Waals surface area contributed by atoms with E-state index in [2.05, 4.69) is 56.0 Å². The van der Waals surface area contributed by atoms with Crippen LogP contribution in [0.1, 0.15) is 53.2 Å². The first-order valence-corrected chi connectivity index (χ1v) is 24.2. The lowest BCUT2D eigenvalue weighted by molar-refractivity contribution is -0.384. The summed E-state index contributed by atoms with van der Waals surface area (Å²) in [6.45, 7) is 6.78. The Hall–Kier alpha value is -5.99. The summed E-state index contributed by atoms with van der Waals surface area (Å²) in [6, 6.07) is 20.3. The number of benzene rings is 3. The zero-order chi connectivity index (χ0) is 44.9. The van der Waals surface area contributed by atoms with E-state index >= 15 is 0 Å². The number of nitrogens with one attached hydrogen (secondary N) is 3. The molecule has 1 saturated carbocycles. The monoisotopic (exact) mass is 918 g/mol. The summed E-state index contributed by atoms with van der Waals surface area (Å²) >= 11 is 0. The van der Waals surface area contributed by atoms with Crippen LogP contribution in [0.2, 0.25) is 0 Å². The second-order valence-corrected chi connectivity index (χ2v) is 20.5. The highest BCUT2D eigenvalue weighted by Gasteiger charge is 2.55. The van der Waals surface area contributed by atoms with Crippen LogP contribution in [0, 0.1) is 22.5 Å². The molecular weight excluding hydrogens is 869 g/mol. The van der Waals surface area contributed by atoms with Crippen molar-refractivity contribution in [3.05, 3.63) is 99.7 Å². The number of sulfonamides is 1. The van der Waals surface area contributed by atoms with Gasteiger partial charge in [-0.3, -0.25) is 19.8 Å². The molecule has 19 heteroatoms. The number of ether oxygens (including phenoxy) is 5. The molecule has 0 bridgehead atoms. The lowest BCUT2D eigenvalue weighted by Crippen LogP contribution is -2.66. The summed E-state index contributed by atoms with van der Waals surface area (Å²) < 4.78 is 60.2. The number of likely N-dealkylation sites (tertiary alicyclic amines) is 1. The number of nitro groups is 1. The van der Waals surface area contributed by atoms with Gasteiger partial charge in [-0.1, -0.05) is 24.3 Å². The molecule has 66 heavy (non-hydrogen) atoms. The van der Waals surface area contributed by atoms with Crippen molar-refractivity contribution in [1.29, 1.82) is 0 Å². The number of amides is 1. The zero-order valence-corrected chi connectivity index (χ0v) is 37.1. The Bertz CT molecular complexity index is 2870. The maximum atomic E-state index is 14.6. The molecule has 4 saturated heterocycles. The van der Waals surface area contributed by atoms with E-state index in [1.165, 1.54) is 30.0 Å². The minimum absolute atomic E-state index is 0.0192. The third-order valence-electron chi connectivity index (χ3n) is 14.7. The van der Waals surface area contributed by atoms with Gasteiger partial charge >= 0.3 is 0 Å². The van der Waals surface area contributed by atoms with Crippen LogP contribution in [0.15, 0.2) is 77.8 Å². The summed E-state index contributed by atoms with van der Waals surface area (Å²) in [6.07, 6.45) is 5.58. The number of hydrogen-bond donors (Lipinski definition) is 3. The van der Waals surface area contributed by atoms with Crippen LogP contribution < -0.4 is 29.3 Å². The number of rotatable bonds is 9. The van der Waals surface area contributed by atoms with Gasteiger partial charge in [-0.25, -0.2) is 13.1 Å². The highest BCUT2D eigenvalue weighted by Crippen LogP contribution is 2.55. The van der Waals surface area contributed by atoms with Gasteiger partial charge in [0.2, 0.25) is 5.88 Å². The van der Waals surface area contributed by atoms with Gasteiger partial charge in [0.1, 0.15) is 30.1 Å². The molecule has 5 fully saturated rings. The number of aryl methyl sites for hydroxylation is 1. The number of carbonyl (C=O) groups is 1. The number of pyridine rings is 1. The maximum Gasteiger partial charge on any atom is 0.297 e. The Morgan fingerprint density at radius 2 is 1.82 bits per heavy atom. The predicted molar refractivity (Wildman–Crippen MR) is 242 cm³/mol. The molecule has 1 amide bonds. The molecule has 1 spiro atoms. The molecule has 344 valence electrons. The first-order chi connectivity index (χ1) is 32.0. The van der Waals surface area contributed by atoms with Crippen LogP contribution in [-0.4, -0.2) is 124 Å². The smallest absolute Gasteiger partial charge is 0.297 e. The Morgan fingerprint density at radius 1 is 0.970 bits per heavy atom. The molecule has 8 heterocycles. The van der Waals surface area contributed by atoms with Crippen molar-refractivity contribution >= 4 is 55.4 Å². The quantitative estimate of drug-likeness (QED) is 0.122. The molecule has 12 rings (SSSR count). The number of aromatic nitrogens is 2. The molecule has 1 aliphatic carbocycles. The van der Waals surface area contributed by atoms with Gasteiger partial charge in [0.15, 0.2) is 11.4 Å². The molecular formula is C47H50N8O10S. The molecule has 3 aromatic carbocycles. The Balaban J connectivity index is 0.848. The minimum Gasteiger partial charge on any atom is -0.489 e. The summed E-state index contributed by atoms with van der Waals surface area (Å²) in [5.41, 5.74) is 5.15. The molecule has 5 aromatic rings. The minimum atomic E-state index is -4.70. The number of aromatic amines is 1. The Morgan fingerprint density at radius 3 is 2.64 bits per heavy atom. The van der Waals surface area contributed by atoms with E-state index in [1.54, 1.807) is 12.3 Å². The van der Waals surface area contributed by atoms with Crippen molar-refractivity contribution in [1.82, 2.24) is 19.6 Å². The van der Waals surface area contributed by atoms with Crippen molar-refractivity contribution in [2.75, 3.05) is 74.4 Å². The van der Waals surface area contributed by atoms with E-state index in [-0.39, 0.29) is 41.7 Å². The van der Waals surface area contributed by atoms with Gasteiger partial charge in [0.05, 0.1) is 66.2 Å². The van der Waals surface area contributed by atoms with Crippen molar-refractivity contribution in [3.8, 4) is 11.6 Å². The lowest BCUT2D eigenvalue weighted by atomic mass is 9.60. The van der Waals surface area contributed by atoms with Crippen molar-refractivity contribution in [2.24, 2.45) is 5.41 Å². The fourth-order valence-corrected chi connectivity index (χ4v) is 12.4. The van der Waals surface area contributed by atoms with Gasteiger partial charge < -0.3 is 43.8 Å². The van der Waals surface area contributed by atoms with Gasteiger partial charge in [0.25, 0.3) is 21.6 Å². The number of anilines is 4. The Kier molecular flexibility index (Phi) is 9.94. The summed E-state index contributed by atoms with van der Waals surface area (Å²) in [7, 11) is -4.70. The summed E-state index contributed by atoms with van der Waals surface area (Å²) in [5.74, 6) is -0.594. The van der Waals surface area contributed by atoms with E-state index in [0.29, 0.717) is 61.4 Å². The van der Waals surface area contributed by atoms with Crippen LogP contribution in [0.5, 0.6) is 11.6 Å². The van der Waals surface area contributed by atoms with Crippen LogP contribution >= 0.6 is 0 Å². The van der Waals surface area contributed by atoms with Gasteiger partial charge in [-0.2, -0.15) is 4.98 Å². The molecule has 6 aliphatic heterocycles. The van der Waals surface area contributed by atoms with Crippen molar-refractivity contribution in [3.63, 3.8) is 0 Å². The molecule has 3 N–H and O–H groups in total. The molecule has 18 nitrogen and oxygen atoms in total. The molecule has 5 atom stereocenters. The van der Waals surface area contributed by atoms with Gasteiger partial charge in [0, 0.05) is 60.0 Å². The highest BCUT2D eigenvalue weighted by atomic mass is 32.2. The average molecular weight is 919 g/mol. The number of hydrogen-bond acceptors (Lipinski definition) is 15. The number of carbonyl (C=O) groups excluding carboxylic acids is 1. The first-order valence-electron chi connectivity index (χ1n) is 22.7. The van der Waals surface area contributed by atoms with E-state index in [9.17, 15) is 23.3 Å². The van der Waals surface area contributed by atoms with Crippen LogP contribution in [0.25, 0.3) is 11.0 Å². The number of H-pyrrole nitrogens is 1. The zero-order valence-electron chi connectivity index (χ0n) is 36.3. The SMILES string of the molecule is Cc1ccccc1[C@@H]1CCCN1C1CC2(C1)CN(c1ccc(C(=O)NS(=O)(=O)c3cc4c(c([N+](=O)[O-])c3)N[C@H]([C@H]3COCCO3)CO4)c(N3c4cc5cc[nH]c5nc4O[C@H]4COC[C@@H]43)c1)C2. The molecule has 2 aromatic heterocycles. The second kappa shape index (κ2) is 15.8. The first kappa shape index (κ1) is 41.4. The lowest BCUT2D eigenvalue weighted by Gasteiger charge is -2.62. The third kappa shape index (κ3) is 7.01. The van der Waals surface area contributed by atoms with Crippen LogP contribution in [-0.2, 0) is 24.2 Å². The summed E-state index contributed by atoms with van der Waals surface area (Å²) in [5, 5.41) is 16.4. The number of nitrogens with zero attached hydrogens (tertiary/aromatic N) is 5. The van der Waals surface area contributed by atoms with E-state index in [1.807, 2.05) is 29.2 Å². The van der Waals surface area contributed by atoms with Crippen LogP contribution in [0.4, 0.5) is 28.4 Å². The molecule has 0 radical (unpaired) electrons. The van der Waals surface area contributed by atoms with E-state index in [0.717, 1.165) is 49.6 Å². The third-order valence-corrected chi connectivity index (χ3v) is 16.0. The standard InChI is InChI=1S/C47H50N8O10S/c1-27-5-2-3-6-32(27)35-7-4-12-53(35)30-19-47(20-30)25-52(26-47)29-8-9-33(36(16-29)54-38-15-28-10-11-48-44(28)50-46(38)65-42-24-62-22-39(42)54)45(56)51-66(59,60)31-17-37(55(57)58)43-40(18-31)64-21-34(49-43)41-23-61-13-14-63-41/h2-3,5-6,8-11,15-18,30,34-35,39,41-42,49H,4,7,12-14,19-26H2,1H3,(H,48,50)(H,51,56)/t34-,35-,39-,41+,42-/m0/s1. The normalized spacial score (nSPS) is 25.7. The maximum absolute atomic E-state index is 14.6. The number of fused-ring (bicyclic) bond motifs is 4. The van der Waals surface area contributed by atoms with Gasteiger partial charge in [-0.05, 0) is 80.6 Å². The topological polar surface area (TPSA) is 203 Å². The highest BCUT2D eigenvalue weighted by molar-refractivity contribution is 7.90. The van der Waals surface area contributed by atoms with Crippen molar-refractivity contribution in [2.45, 2.75) is 73.9 Å². The molecule has 7 aliphatic rings. The van der Waals surface area contributed by atoms with Gasteiger partial charge in [-0.15, -0.1) is 0 Å². The average Bonchev–Trinajstić information content (AvgIpc) is 4.08.